The Kier molecular flexibility index (Phi) is 4.59. The number of carboxylic acid groups (broad SMARTS) is 1. The van der Waals surface area contributed by atoms with E-state index >= 15 is 0 Å². The summed E-state index contributed by atoms with van der Waals surface area (Å²) < 4.78 is 26.1. The highest BCUT2D eigenvalue weighted by molar-refractivity contribution is 7.89. The summed E-state index contributed by atoms with van der Waals surface area (Å²) in [6.07, 6.45) is 1.78. The SMILES string of the molecule is O=C(O)CCCS(=O)(=O)N1CCCC1c1cccs1. The van der Waals surface area contributed by atoms with E-state index in [1.165, 1.54) is 0 Å². The zero-order valence-corrected chi connectivity index (χ0v) is 12.1. The van der Waals surface area contributed by atoms with Crippen molar-refractivity contribution in [1.29, 1.82) is 0 Å². The molecule has 1 atom stereocenters. The zero-order valence-electron chi connectivity index (χ0n) is 10.5. The van der Waals surface area contributed by atoms with Gasteiger partial charge in [0.25, 0.3) is 0 Å². The second-order valence-electron chi connectivity index (χ2n) is 4.60. The van der Waals surface area contributed by atoms with Gasteiger partial charge in [0.2, 0.25) is 10.0 Å². The molecule has 1 aliphatic rings. The summed E-state index contributed by atoms with van der Waals surface area (Å²) in [5, 5.41) is 10.5. The maximum Gasteiger partial charge on any atom is 0.303 e. The quantitative estimate of drug-likeness (QED) is 0.873. The standard InChI is InChI=1S/C12H17NO4S2/c14-12(15)6-3-9-19(16,17)13-7-1-4-10(13)11-5-2-8-18-11/h2,5,8,10H,1,3-4,6-7,9H2,(H,14,15). The third-order valence-corrected chi connectivity index (χ3v) is 6.16. The van der Waals surface area contributed by atoms with Crippen LogP contribution in [0.5, 0.6) is 0 Å². The van der Waals surface area contributed by atoms with Crippen LogP contribution in [0.4, 0.5) is 0 Å². The fraction of sp³-hybridized carbons (Fsp3) is 0.583. The van der Waals surface area contributed by atoms with Gasteiger partial charge in [-0.15, -0.1) is 11.3 Å². The lowest BCUT2D eigenvalue weighted by Gasteiger charge is -2.23. The van der Waals surface area contributed by atoms with E-state index in [2.05, 4.69) is 0 Å². The average Bonchev–Trinajstić information content (AvgIpc) is 2.99. The molecule has 0 amide bonds. The molecule has 1 aliphatic heterocycles. The van der Waals surface area contributed by atoms with Gasteiger partial charge in [0.05, 0.1) is 11.8 Å². The summed E-state index contributed by atoms with van der Waals surface area (Å²) in [7, 11) is -3.35. The Labute approximate surface area is 116 Å². The number of hydrogen-bond acceptors (Lipinski definition) is 4. The molecule has 0 radical (unpaired) electrons. The van der Waals surface area contributed by atoms with Gasteiger partial charge >= 0.3 is 5.97 Å². The number of carbonyl (C=O) groups is 1. The summed E-state index contributed by atoms with van der Waals surface area (Å²) in [6, 6.07) is 3.82. The van der Waals surface area contributed by atoms with Gasteiger partial charge in [0.1, 0.15) is 0 Å². The van der Waals surface area contributed by atoms with E-state index < -0.39 is 16.0 Å². The van der Waals surface area contributed by atoms with Crippen molar-refractivity contribution in [2.24, 2.45) is 0 Å². The smallest absolute Gasteiger partial charge is 0.303 e. The van der Waals surface area contributed by atoms with Crippen molar-refractivity contribution in [2.75, 3.05) is 12.3 Å². The van der Waals surface area contributed by atoms with Gasteiger partial charge in [-0.3, -0.25) is 4.79 Å². The van der Waals surface area contributed by atoms with Gasteiger partial charge in [-0.05, 0) is 30.7 Å². The van der Waals surface area contributed by atoms with E-state index in [0.717, 1.165) is 17.7 Å². The van der Waals surface area contributed by atoms with Crippen LogP contribution in [0.25, 0.3) is 0 Å². The average molecular weight is 303 g/mol. The molecule has 0 aromatic carbocycles. The molecule has 19 heavy (non-hydrogen) atoms. The third-order valence-electron chi connectivity index (χ3n) is 3.23. The van der Waals surface area contributed by atoms with Crippen LogP contribution < -0.4 is 0 Å². The summed E-state index contributed by atoms with van der Waals surface area (Å²) in [6.45, 7) is 0.540. The van der Waals surface area contributed by atoms with E-state index in [1.807, 2.05) is 17.5 Å². The predicted molar refractivity (Wildman–Crippen MR) is 73.7 cm³/mol. The number of nitrogens with zero attached hydrogens (tertiary/aromatic N) is 1. The summed E-state index contributed by atoms with van der Waals surface area (Å²) in [4.78, 5) is 11.5. The lowest BCUT2D eigenvalue weighted by atomic mass is 10.2. The molecule has 0 saturated carbocycles. The van der Waals surface area contributed by atoms with Crippen LogP contribution in [0.15, 0.2) is 17.5 Å². The van der Waals surface area contributed by atoms with Crippen LogP contribution in [0, 0.1) is 0 Å². The molecule has 1 aromatic heterocycles. The van der Waals surface area contributed by atoms with Crippen molar-refractivity contribution < 1.29 is 18.3 Å². The monoisotopic (exact) mass is 303 g/mol. The number of sulfonamides is 1. The van der Waals surface area contributed by atoms with Crippen LogP contribution >= 0.6 is 11.3 Å². The van der Waals surface area contributed by atoms with E-state index in [1.54, 1.807) is 15.6 Å². The molecule has 106 valence electrons. The van der Waals surface area contributed by atoms with E-state index in [4.69, 9.17) is 5.11 Å². The number of aliphatic carboxylic acids is 1. The Balaban J connectivity index is 2.04. The van der Waals surface area contributed by atoms with Crippen LogP contribution in [0.2, 0.25) is 0 Å². The van der Waals surface area contributed by atoms with Crippen molar-refractivity contribution in [3.05, 3.63) is 22.4 Å². The van der Waals surface area contributed by atoms with E-state index in [-0.39, 0.29) is 24.6 Å². The Hall–Kier alpha value is -0.920. The minimum atomic E-state index is -3.35. The first-order chi connectivity index (χ1) is 9.00. The maximum absolute atomic E-state index is 12.3. The number of carboxylic acids is 1. The van der Waals surface area contributed by atoms with Crippen LogP contribution in [0.3, 0.4) is 0 Å². The molecule has 0 bridgehead atoms. The van der Waals surface area contributed by atoms with Gasteiger partial charge in [0.15, 0.2) is 0 Å². The molecule has 7 heteroatoms. The summed E-state index contributed by atoms with van der Waals surface area (Å²) >= 11 is 1.57. The van der Waals surface area contributed by atoms with Crippen LogP contribution in [-0.4, -0.2) is 36.1 Å². The predicted octanol–water partition coefficient (Wildman–Crippen LogP) is 2.08. The molecular weight excluding hydrogens is 286 g/mol. The van der Waals surface area contributed by atoms with Crippen molar-refractivity contribution in [1.82, 2.24) is 4.31 Å². The van der Waals surface area contributed by atoms with Crippen molar-refractivity contribution in [3.8, 4) is 0 Å². The molecular formula is C12H17NO4S2. The first kappa shape index (κ1) is 14.5. The van der Waals surface area contributed by atoms with E-state index in [9.17, 15) is 13.2 Å². The molecule has 2 heterocycles. The maximum atomic E-state index is 12.3. The largest absolute Gasteiger partial charge is 0.481 e. The molecule has 1 N–H and O–H groups in total. The topological polar surface area (TPSA) is 74.7 Å². The lowest BCUT2D eigenvalue weighted by Crippen LogP contribution is -2.32. The highest BCUT2D eigenvalue weighted by atomic mass is 32.2. The molecule has 5 nitrogen and oxygen atoms in total. The molecule has 1 fully saturated rings. The highest BCUT2D eigenvalue weighted by Crippen LogP contribution is 2.36. The number of hydrogen-bond donors (Lipinski definition) is 1. The van der Waals surface area contributed by atoms with Gasteiger partial charge < -0.3 is 5.11 Å². The van der Waals surface area contributed by atoms with E-state index in [0.29, 0.717) is 6.54 Å². The molecule has 2 rings (SSSR count). The minimum Gasteiger partial charge on any atom is -0.481 e. The zero-order chi connectivity index (χ0) is 13.9. The molecule has 0 aliphatic carbocycles. The van der Waals surface area contributed by atoms with Crippen LogP contribution in [0.1, 0.15) is 36.6 Å². The number of thiophene rings is 1. The Bertz CT molecular complexity index is 524. The fourth-order valence-electron chi connectivity index (χ4n) is 2.36. The van der Waals surface area contributed by atoms with Crippen LogP contribution in [-0.2, 0) is 14.8 Å². The Morgan fingerprint density at radius 2 is 2.32 bits per heavy atom. The fourth-order valence-corrected chi connectivity index (χ4v) is 5.06. The molecule has 0 spiro atoms. The van der Waals surface area contributed by atoms with Gasteiger partial charge in [0, 0.05) is 17.8 Å². The van der Waals surface area contributed by atoms with Crippen molar-refractivity contribution in [2.45, 2.75) is 31.7 Å². The second-order valence-corrected chi connectivity index (χ2v) is 7.62. The summed E-state index contributed by atoms with van der Waals surface area (Å²) in [5.74, 6) is -1.03. The first-order valence-electron chi connectivity index (χ1n) is 6.25. The van der Waals surface area contributed by atoms with Gasteiger partial charge in [-0.1, -0.05) is 6.07 Å². The Morgan fingerprint density at radius 3 is 2.95 bits per heavy atom. The minimum absolute atomic E-state index is 0.0603. The third kappa shape index (κ3) is 3.55. The molecule has 1 saturated heterocycles. The first-order valence-corrected chi connectivity index (χ1v) is 8.74. The molecule has 1 unspecified atom stereocenters. The normalized spacial score (nSPS) is 20.7. The lowest BCUT2D eigenvalue weighted by molar-refractivity contribution is -0.137. The van der Waals surface area contributed by atoms with Gasteiger partial charge in [-0.2, -0.15) is 4.31 Å². The molecule has 1 aromatic rings. The summed E-state index contributed by atoms with van der Waals surface area (Å²) in [5.41, 5.74) is 0. The van der Waals surface area contributed by atoms with Crippen molar-refractivity contribution >= 4 is 27.3 Å². The highest BCUT2D eigenvalue weighted by Gasteiger charge is 2.35. The van der Waals surface area contributed by atoms with Gasteiger partial charge in [-0.25, -0.2) is 8.42 Å². The Morgan fingerprint density at radius 1 is 1.53 bits per heavy atom. The number of rotatable bonds is 6. The van der Waals surface area contributed by atoms with Crippen molar-refractivity contribution in [3.63, 3.8) is 0 Å². The second kappa shape index (κ2) is 6.02.